The fourth-order valence-corrected chi connectivity index (χ4v) is 2.56. The van der Waals surface area contributed by atoms with Crippen LogP contribution >= 0.6 is 0 Å². The molecule has 140 valence electrons. The fourth-order valence-electron chi connectivity index (χ4n) is 2.56. The number of ether oxygens (including phenoxy) is 1. The van der Waals surface area contributed by atoms with Crippen LogP contribution in [0, 0.1) is 0 Å². The first-order valence-corrected chi connectivity index (χ1v) is 8.16. The van der Waals surface area contributed by atoms with Gasteiger partial charge in [0, 0.05) is 19.2 Å². The highest BCUT2D eigenvalue weighted by Crippen LogP contribution is 2.24. The van der Waals surface area contributed by atoms with E-state index < -0.39 is 34.4 Å². The summed E-state index contributed by atoms with van der Waals surface area (Å²) in [5, 5.41) is 17.2. The van der Waals surface area contributed by atoms with Gasteiger partial charge in [0.15, 0.2) is 11.3 Å². The van der Waals surface area contributed by atoms with Gasteiger partial charge in [-0.1, -0.05) is 0 Å². The standard InChI is InChI=1S/C16H21N5O5/c1-16(2,26-3)7-20-10-6-9(12(17)22)19-21(10)15(25)11(14(20)24)13(23)18-8-4-5-8/h6,8,24H,4-5,7H2,1-3H3,(H2,17,22)(H,18,23). The Morgan fingerprint density at radius 1 is 1.46 bits per heavy atom. The van der Waals surface area contributed by atoms with Crippen LogP contribution in [0.25, 0.3) is 5.65 Å². The molecular weight excluding hydrogens is 342 g/mol. The van der Waals surface area contributed by atoms with Gasteiger partial charge in [-0.15, -0.1) is 0 Å². The van der Waals surface area contributed by atoms with E-state index in [1.54, 1.807) is 13.8 Å². The second-order valence-corrected chi connectivity index (χ2v) is 6.97. The number of amides is 2. The van der Waals surface area contributed by atoms with E-state index in [2.05, 4.69) is 10.4 Å². The fraction of sp³-hybridized carbons (Fsp3) is 0.500. The quantitative estimate of drug-likeness (QED) is 0.639. The molecule has 1 saturated carbocycles. The van der Waals surface area contributed by atoms with Crippen LogP contribution in [0.4, 0.5) is 0 Å². The third-order valence-electron chi connectivity index (χ3n) is 4.34. The van der Waals surface area contributed by atoms with Crippen molar-refractivity contribution in [3.63, 3.8) is 0 Å². The minimum atomic E-state index is -0.825. The number of primary amides is 1. The predicted octanol–water partition coefficient (Wildman–Crippen LogP) is -0.382. The van der Waals surface area contributed by atoms with Gasteiger partial charge in [-0.25, -0.2) is 0 Å². The largest absolute Gasteiger partial charge is 0.494 e. The van der Waals surface area contributed by atoms with Crippen molar-refractivity contribution in [2.75, 3.05) is 7.11 Å². The molecular formula is C16H21N5O5. The molecule has 26 heavy (non-hydrogen) atoms. The number of nitrogens with one attached hydrogen (secondary N) is 1. The molecule has 0 bridgehead atoms. The molecule has 2 heterocycles. The van der Waals surface area contributed by atoms with Crippen LogP contribution in [0.5, 0.6) is 5.88 Å². The third kappa shape index (κ3) is 3.15. The number of nitrogens with zero attached hydrogens (tertiary/aromatic N) is 3. The van der Waals surface area contributed by atoms with E-state index in [0.717, 1.165) is 17.4 Å². The summed E-state index contributed by atoms with van der Waals surface area (Å²) in [4.78, 5) is 36.6. The Morgan fingerprint density at radius 3 is 2.65 bits per heavy atom. The van der Waals surface area contributed by atoms with Crippen molar-refractivity contribution in [1.29, 1.82) is 0 Å². The molecule has 0 aromatic carbocycles. The van der Waals surface area contributed by atoms with Gasteiger partial charge in [0.1, 0.15) is 5.65 Å². The van der Waals surface area contributed by atoms with E-state index in [1.165, 1.54) is 17.7 Å². The average molecular weight is 363 g/mol. The summed E-state index contributed by atoms with van der Waals surface area (Å²) < 4.78 is 7.58. The molecule has 2 aromatic heterocycles. The predicted molar refractivity (Wildman–Crippen MR) is 91.2 cm³/mol. The third-order valence-corrected chi connectivity index (χ3v) is 4.34. The topological polar surface area (TPSA) is 141 Å². The number of rotatable bonds is 6. The lowest BCUT2D eigenvalue weighted by Gasteiger charge is -2.26. The first-order chi connectivity index (χ1) is 12.1. The molecule has 0 atom stereocenters. The Labute approximate surface area is 148 Å². The Hall–Kier alpha value is -2.88. The van der Waals surface area contributed by atoms with E-state index in [9.17, 15) is 19.5 Å². The Morgan fingerprint density at radius 2 is 2.12 bits per heavy atom. The Kier molecular flexibility index (Phi) is 4.23. The van der Waals surface area contributed by atoms with Crippen molar-refractivity contribution < 1.29 is 19.4 Å². The lowest BCUT2D eigenvalue weighted by Crippen LogP contribution is -2.36. The summed E-state index contributed by atoms with van der Waals surface area (Å²) in [6.07, 6.45) is 1.65. The number of nitrogens with two attached hydrogens (primary N) is 1. The van der Waals surface area contributed by atoms with E-state index in [-0.39, 0.29) is 23.9 Å². The van der Waals surface area contributed by atoms with Gasteiger partial charge in [0.2, 0.25) is 5.88 Å². The molecule has 0 spiro atoms. The number of methoxy groups -OCH3 is 1. The minimum Gasteiger partial charge on any atom is -0.494 e. The molecule has 0 radical (unpaired) electrons. The van der Waals surface area contributed by atoms with Crippen molar-refractivity contribution in [2.45, 2.75) is 44.9 Å². The average Bonchev–Trinajstić information content (AvgIpc) is 3.25. The van der Waals surface area contributed by atoms with E-state index in [4.69, 9.17) is 10.5 Å². The van der Waals surface area contributed by atoms with Gasteiger partial charge in [0.05, 0.1) is 12.1 Å². The molecule has 1 fully saturated rings. The van der Waals surface area contributed by atoms with Crippen LogP contribution in [0.15, 0.2) is 10.9 Å². The number of hydrogen-bond donors (Lipinski definition) is 3. The first-order valence-electron chi connectivity index (χ1n) is 8.16. The maximum atomic E-state index is 12.7. The van der Waals surface area contributed by atoms with Gasteiger partial charge in [-0.05, 0) is 26.7 Å². The second-order valence-electron chi connectivity index (χ2n) is 6.97. The maximum Gasteiger partial charge on any atom is 0.291 e. The molecule has 0 saturated heterocycles. The molecule has 3 rings (SSSR count). The van der Waals surface area contributed by atoms with Crippen LogP contribution in [0.3, 0.4) is 0 Å². The highest BCUT2D eigenvalue weighted by Gasteiger charge is 2.31. The number of carbonyl (C=O) groups is 2. The summed E-state index contributed by atoms with van der Waals surface area (Å²) in [5.41, 5.74) is 3.25. The van der Waals surface area contributed by atoms with Crippen LogP contribution < -0.4 is 16.6 Å². The van der Waals surface area contributed by atoms with Gasteiger partial charge in [-0.3, -0.25) is 19.0 Å². The van der Waals surface area contributed by atoms with Gasteiger partial charge < -0.3 is 20.9 Å². The molecule has 2 aromatic rings. The van der Waals surface area contributed by atoms with Crippen molar-refractivity contribution in [1.82, 2.24) is 19.5 Å². The van der Waals surface area contributed by atoms with Crippen molar-refractivity contribution >= 4 is 17.5 Å². The zero-order valence-electron chi connectivity index (χ0n) is 14.8. The van der Waals surface area contributed by atoms with Crippen LogP contribution in [-0.2, 0) is 11.3 Å². The zero-order valence-corrected chi connectivity index (χ0v) is 14.8. The number of aromatic hydroxyl groups is 1. The lowest BCUT2D eigenvalue weighted by molar-refractivity contribution is 0.00715. The number of carbonyl (C=O) groups excluding carboxylic acids is 2. The molecule has 2 amide bonds. The second kappa shape index (κ2) is 6.13. The van der Waals surface area contributed by atoms with E-state index in [1.807, 2.05) is 0 Å². The van der Waals surface area contributed by atoms with E-state index in [0.29, 0.717) is 0 Å². The van der Waals surface area contributed by atoms with Crippen LogP contribution in [0.1, 0.15) is 47.5 Å². The zero-order chi connectivity index (χ0) is 19.2. The lowest BCUT2D eigenvalue weighted by atomic mass is 10.1. The van der Waals surface area contributed by atoms with Crippen LogP contribution in [-0.4, -0.2) is 49.9 Å². The molecule has 0 unspecified atom stereocenters. The molecule has 10 nitrogen and oxygen atoms in total. The van der Waals surface area contributed by atoms with E-state index >= 15 is 0 Å². The number of fused-ring (bicyclic) bond motifs is 1. The molecule has 0 aliphatic heterocycles. The normalized spacial score (nSPS) is 14.6. The maximum absolute atomic E-state index is 12.7. The Balaban J connectivity index is 2.25. The molecule has 1 aliphatic carbocycles. The van der Waals surface area contributed by atoms with Crippen LogP contribution in [0.2, 0.25) is 0 Å². The smallest absolute Gasteiger partial charge is 0.291 e. The van der Waals surface area contributed by atoms with Crippen molar-refractivity contribution in [3.8, 4) is 5.88 Å². The monoisotopic (exact) mass is 363 g/mol. The summed E-state index contributed by atoms with van der Waals surface area (Å²) >= 11 is 0. The molecule has 10 heteroatoms. The summed E-state index contributed by atoms with van der Waals surface area (Å²) in [7, 11) is 1.50. The summed E-state index contributed by atoms with van der Waals surface area (Å²) in [5.74, 6) is -2.02. The molecule has 1 aliphatic rings. The number of aromatic nitrogens is 3. The van der Waals surface area contributed by atoms with Crippen molar-refractivity contribution in [2.24, 2.45) is 5.73 Å². The SMILES string of the molecule is COC(C)(C)Cn1c(O)c(C(=O)NC2CC2)c(=O)n2nc(C(N)=O)cc12. The van der Waals surface area contributed by atoms with Crippen molar-refractivity contribution in [3.05, 3.63) is 27.7 Å². The molecule has 4 N–H and O–H groups in total. The highest BCUT2D eigenvalue weighted by atomic mass is 16.5. The summed E-state index contributed by atoms with van der Waals surface area (Å²) in [6, 6.07) is 1.29. The highest BCUT2D eigenvalue weighted by molar-refractivity contribution is 5.97. The van der Waals surface area contributed by atoms with Gasteiger partial charge in [0.25, 0.3) is 17.4 Å². The summed E-state index contributed by atoms with van der Waals surface area (Å²) in [6.45, 7) is 3.65. The van der Waals surface area contributed by atoms with Gasteiger partial charge in [-0.2, -0.15) is 9.61 Å². The Bertz CT molecular complexity index is 954. The number of hydrogen-bond acceptors (Lipinski definition) is 6. The van der Waals surface area contributed by atoms with Gasteiger partial charge >= 0.3 is 0 Å². The first kappa shape index (κ1) is 17.9. The minimum absolute atomic E-state index is 0.000310.